The van der Waals surface area contributed by atoms with Crippen LogP contribution in [-0.4, -0.2) is 78.7 Å². The number of carbonyl (C=O) groups excluding carboxylic acids is 3. The molecule has 0 fully saturated rings. The van der Waals surface area contributed by atoms with Gasteiger partial charge in [0.1, 0.15) is 18.1 Å². The summed E-state index contributed by atoms with van der Waals surface area (Å²) < 4.78 is 16.6. The predicted octanol–water partition coefficient (Wildman–Crippen LogP) is 2.59. The van der Waals surface area contributed by atoms with Crippen molar-refractivity contribution in [3.63, 3.8) is 0 Å². The number of aryl methyl sites for hydroxylation is 1. The highest BCUT2D eigenvalue weighted by molar-refractivity contribution is 6.04. The summed E-state index contributed by atoms with van der Waals surface area (Å²) in [5.41, 5.74) is 0.846. The molecule has 2 aromatic rings. The monoisotopic (exact) mass is 472 g/mol. The maximum atomic E-state index is 13.4. The van der Waals surface area contributed by atoms with Crippen LogP contribution in [0.5, 0.6) is 5.75 Å². The van der Waals surface area contributed by atoms with Gasteiger partial charge in [-0.1, -0.05) is 12.1 Å². The van der Waals surface area contributed by atoms with Crippen molar-refractivity contribution < 1.29 is 28.4 Å². The van der Waals surface area contributed by atoms with Crippen molar-refractivity contribution in [3.05, 3.63) is 41.3 Å². The Balaban J connectivity index is 1.94. The van der Waals surface area contributed by atoms with E-state index in [1.165, 1.54) is 13.0 Å². The van der Waals surface area contributed by atoms with Crippen molar-refractivity contribution in [2.24, 2.45) is 5.92 Å². The molecule has 3 atom stereocenters. The summed E-state index contributed by atoms with van der Waals surface area (Å²) in [7, 11) is 3.29. The minimum atomic E-state index is -0.453. The van der Waals surface area contributed by atoms with Crippen LogP contribution in [-0.2, 0) is 9.53 Å². The lowest BCUT2D eigenvalue weighted by molar-refractivity contribution is -0.133. The largest absolute Gasteiger partial charge is 0.491 e. The van der Waals surface area contributed by atoms with Crippen LogP contribution >= 0.6 is 0 Å². The van der Waals surface area contributed by atoms with Crippen molar-refractivity contribution in [1.82, 2.24) is 15.0 Å². The number of rotatable bonds is 3. The predicted molar refractivity (Wildman–Crippen MR) is 125 cm³/mol. The first-order valence-electron chi connectivity index (χ1n) is 11.2. The maximum absolute atomic E-state index is 13.4. The zero-order valence-corrected chi connectivity index (χ0v) is 20.5. The van der Waals surface area contributed by atoms with Gasteiger partial charge < -0.3 is 29.1 Å². The van der Waals surface area contributed by atoms with Gasteiger partial charge >= 0.3 is 0 Å². The first kappa shape index (κ1) is 25.2. The van der Waals surface area contributed by atoms with Crippen LogP contribution in [0.3, 0.4) is 0 Å². The molecule has 10 nitrogen and oxygen atoms in total. The third-order valence-corrected chi connectivity index (χ3v) is 5.97. The van der Waals surface area contributed by atoms with E-state index in [1.807, 2.05) is 13.8 Å². The summed E-state index contributed by atoms with van der Waals surface area (Å²) in [6.07, 6.45) is -0.273. The molecule has 0 saturated heterocycles. The number of methoxy groups -OCH3 is 1. The molecule has 0 radical (unpaired) electrons. The number of hydrogen-bond donors (Lipinski definition) is 1. The lowest BCUT2D eigenvalue weighted by Gasteiger charge is -2.35. The highest BCUT2D eigenvalue weighted by Gasteiger charge is 2.29. The van der Waals surface area contributed by atoms with Crippen LogP contribution in [0.25, 0.3) is 0 Å². The van der Waals surface area contributed by atoms with Gasteiger partial charge in [0.05, 0.1) is 17.7 Å². The molecule has 0 aliphatic carbocycles. The van der Waals surface area contributed by atoms with Gasteiger partial charge in [-0.15, -0.1) is 0 Å². The Kier molecular flexibility index (Phi) is 7.93. The number of nitrogens with one attached hydrogen (secondary N) is 1. The lowest BCUT2D eigenvalue weighted by atomic mass is 10.0. The van der Waals surface area contributed by atoms with Gasteiger partial charge in [0.15, 0.2) is 5.69 Å². The Morgan fingerprint density at radius 2 is 1.94 bits per heavy atom. The van der Waals surface area contributed by atoms with E-state index in [1.54, 1.807) is 49.1 Å². The number of amides is 3. The van der Waals surface area contributed by atoms with Crippen molar-refractivity contribution in [1.29, 1.82) is 0 Å². The average Bonchev–Trinajstić information content (AvgIpc) is 3.24. The first-order valence-corrected chi connectivity index (χ1v) is 11.2. The molecule has 1 N–H and O–H groups in total. The molecule has 3 amide bonds. The third kappa shape index (κ3) is 5.74. The Bertz CT molecular complexity index is 1050. The molecule has 0 bridgehead atoms. The minimum Gasteiger partial charge on any atom is -0.491 e. The Hall–Kier alpha value is -3.40. The molecule has 1 aliphatic rings. The fourth-order valence-corrected chi connectivity index (χ4v) is 3.96. The molecular weight excluding hydrogens is 440 g/mol. The second kappa shape index (κ2) is 10.7. The second-order valence-electron chi connectivity index (χ2n) is 8.76. The summed E-state index contributed by atoms with van der Waals surface area (Å²) in [6, 6.07) is 6.17. The standard InChI is InChI=1S/C24H32N4O6/c1-14-11-28(17(4)29)15(2)13-33-21-8-7-18(25-23(30)20-9-16(3)34-26-20)10-19(21)24(31)27(5)12-22(14)32-6/h7-10,14-15,22H,11-13H2,1-6H3,(H,25,30)/t14-,15+,22+/m1/s1. The lowest BCUT2D eigenvalue weighted by Crippen LogP contribution is -2.48. The van der Waals surface area contributed by atoms with E-state index in [0.29, 0.717) is 35.9 Å². The van der Waals surface area contributed by atoms with Crippen molar-refractivity contribution in [2.75, 3.05) is 39.2 Å². The molecule has 34 heavy (non-hydrogen) atoms. The van der Waals surface area contributed by atoms with Crippen LogP contribution in [0.1, 0.15) is 47.4 Å². The summed E-state index contributed by atoms with van der Waals surface area (Å²) in [5.74, 6) is 0.0937. The second-order valence-corrected chi connectivity index (χ2v) is 8.76. The fraction of sp³-hybridized carbons (Fsp3) is 0.500. The minimum absolute atomic E-state index is 0.0120. The zero-order chi connectivity index (χ0) is 25.0. The third-order valence-electron chi connectivity index (χ3n) is 5.97. The number of fused-ring (bicyclic) bond motifs is 1. The van der Waals surface area contributed by atoms with Gasteiger partial charge in [0.25, 0.3) is 11.8 Å². The highest BCUT2D eigenvalue weighted by Crippen LogP contribution is 2.27. The quantitative estimate of drug-likeness (QED) is 0.730. The molecule has 1 aromatic carbocycles. The van der Waals surface area contributed by atoms with Crippen LogP contribution in [0.4, 0.5) is 5.69 Å². The summed E-state index contributed by atoms with van der Waals surface area (Å²) in [5, 5.41) is 6.45. The van der Waals surface area contributed by atoms with E-state index < -0.39 is 5.91 Å². The molecule has 2 heterocycles. The van der Waals surface area contributed by atoms with Gasteiger partial charge in [-0.05, 0) is 32.0 Å². The molecule has 1 aliphatic heterocycles. The van der Waals surface area contributed by atoms with Crippen LogP contribution in [0.15, 0.2) is 28.8 Å². The summed E-state index contributed by atoms with van der Waals surface area (Å²) >= 11 is 0. The van der Waals surface area contributed by atoms with Gasteiger partial charge in [-0.3, -0.25) is 14.4 Å². The maximum Gasteiger partial charge on any atom is 0.277 e. The Labute approximate surface area is 199 Å². The molecule has 3 rings (SSSR count). The molecule has 0 saturated carbocycles. The van der Waals surface area contributed by atoms with E-state index in [9.17, 15) is 14.4 Å². The molecule has 0 unspecified atom stereocenters. The topological polar surface area (TPSA) is 114 Å². The molecular formula is C24H32N4O6. The normalized spacial score (nSPS) is 21.7. The average molecular weight is 473 g/mol. The Morgan fingerprint density at radius 3 is 2.56 bits per heavy atom. The summed E-state index contributed by atoms with van der Waals surface area (Å²) in [4.78, 5) is 41.5. The number of likely N-dealkylation sites (N-methyl/N-ethyl adjacent to an activating group) is 1. The molecule has 1 aromatic heterocycles. The molecule has 10 heteroatoms. The molecule has 184 valence electrons. The number of nitrogens with zero attached hydrogens (tertiary/aromatic N) is 3. The first-order chi connectivity index (χ1) is 16.1. The van der Waals surface area contributed by atoms with E-state index in [-0.39, 0.29) is 42.2 Å². The number of carbonyl (C=O) groups is 3. The van der Waals surface area contributed by atoms with Crippen molar-refractivity contribution in [3.8, 4) is 5.75 Å². The van der Waals surface area contributed by atoms with Crippen LogP contribution in [0, 0.1) is 12.8 Å². The van der Waals surface area contributed by atoms with Gasteiger partial charge in [-0.25, -0.2) is 0 Å². The van der Waals surface area contributed by atoms with Gasteiger partial charge in [-0.2, -0.15) is 0 Å². The smallest absolute Gasteiger partial charge is 0.277 e. The number of hydrogen-bond acceptors (Lipinski definition) is 7. The van der Waals surface area contributed by atoms with E-state index >= 15 is 0 Å². The number of ether oxygens (including phenoxy) is 2. The van der Waals surface area contributed by atoms with Crippen LogP contribution < -0.4 is 10.1 Å². The van der Waals surface area contributed by atoms with E-state index in [0.717, 1.165) is 0 Å². The number of benzene rings is 1. The number of aromatic nitrogens is 1. The van der Waals surface area contributed by atoms with Gasteiger partial charge in [0, 0.05) is 51.8 Å². The van der Waals surface area contributed by atoms with Crippen molar-refractivity contribution >= 4 is 23.4 Å². The highest BCUT2D eigenvalue weighted by atomic mass is 16.5. The SMILES string of the molecule is CO[C@H]1CN(C)C(=O)c2cc(NC(=O)c3cc(C)on3)ccc2OC[C@H](C)N(C(C)=O)C[C@H]1C. The number of anilines is 1. The van der Waals surface area contributed by atoms with Gasteiger partial charge in [0.2, 0.25) is 5.91 Å². The summed E-state index contributed by atoms with van der Waals surface area (Å²) in [6.45, 7) is 8.15. The zero-order valence-electron chi connectivity index (χ0n) is 20.5. The van der Waals surface area contributed by atoms with Crippen molar-refractivity contribution in [2.45, 2.75) is 39.8 Å². The van der Waals surface area contributed by atoms with E-state index in [4.69, 9.17) is 14.0 Å². The fourth-order valence-electron chi connectivity index (χ4n) is 3.96. The Morgan fingerprint density at radius 1 is 1.21 bits per heavy atom. The van der Waals surface area contributed by atoms with E-state index in [2.05, 4.69) is 10.5 Å². The van der Waals surface area contributed by atoms with Crippen LogP contribution in [0.2, 0.25) is 0 Å². The molecule has 0 spiro atoms.